The van der Waals surface area contributed by atoms with Crippen molar-refractivity contribution in [2.45, 2.75) is 38.4 Å². The van der Waals surface area contributed by atoms with Crippen LogP contribution in [0.4, 0.5) is 5.82 Å². The maximum atomic E-state index is 13.0. The third-order valence-corrected chi connectivity index (χ3v) is 5.80. The predicted molar refractivity (Wildman–Crippen MR) is 125 cm³/mol. The topological polar surface area (TPSA) is 178 Å². The zero-order valence-corrected chi connectivity index (χ0v) is 20.7. The Morgan fingerprint density at radius 3 is 2.43 bits per heavy atom. The second-order valence-corrected chi connectivity index (χ2v) is 9.67. The summed E-state index contributed by atoms with van der Waals surface area (Å²) in [6.07, 6.45) is -1.85. The van der Waals surface area contributed by atoms with E-state index in [1.165, 1.54) is 24.1 Å². The van der Waals surface area contributed by atoms with Crippen LogP contribution in [0.25, 0.3) is 11.5 Å². The number of aromatic nitrogens is 4. The second kappa shape index (κ2) is 10.6. The van der Waals surface area contributed by atoms with Crippen molar-refractivity contribution >= 4 is 33.8 Å². The number of hydrogen-bond donors (Lipinski definition) is 1. The highest BCUT2D eigenvalue weighted by atomic mass is 32.2. The number of fused-ring (bicyclic) bond motifs is 1. The van der Waals surface area contributed by atoms with Gasteiger partial charge in [0.15, 0.2) is 23.9 Å². The molecule has 0 aromatic heterocycles. The van der Waals surface area contributed by atoms with Gasteiger partial charge in [0.2, 0.25) is 0 Å². The predicted octanol–water partition coefficient (Wildman–Crippen LogP) is 0.767. The molecule has 1 amide bonds. The molecule has 15 heteroatoms. The molecule has 1 N–H and O–H groups in total. The van der Waals surface area contributed by atoms with Gasteiger partial charge in [-0.3, -0.25) is 23.1 Å². The molecule has 1 fully saturated rings. The largest absolute Gasteiger partial charge is 0.463 e. The summed E-state index contributed by atoms with van der Waals surface area (Å²) in [5.74, 6) is -1.60. The smallest absolute Gasteiger partial charge is 0.303 e. The van der Waals surface area contributed by atoms with Crippen LogP contribution in [0.2, 0.25) is 0 Å². The summed E-state index contributed by atoms with van der Waals surface area (Å²) in [6.45, 7) is 1.89. The van der Waals surface area contributed by atoms with Gasteiger partial charge >= 0.3 is 11.9 Å². The summed E-state index contributed by atoms with van der Waals surface area (Å²) in [5.41, 5.74) is 0.536. The third kappa shape index (κ3) is 6.07. The fraction of sp³-hybridized carbons (Fsp3) is 0.364. The summed E-state index contributed by atoms with van der Waals surface area (Å²) in [4.78, 5) is 48.9. The Hall–Kier alpha value is -3.95. The molecule has 0 unspecified atom stereocenters. The van der Waals surface area contributed by atoms with Crippen LogP contribution in [0.5, 0.6) is 0 Å². The molecule has 4 atom stereocenters. The van der Waals surface area contributed by atoms with Crippen molar-refractivity contribution in [1.82, 2.24) is 19.5 Å². The highest BCUT2D eigenvalue weighted by Gasteiger charge is 2.51. The van der Waals surface area contributed by atoms with Gasteiger partial charge in [0.1, 0.15) is 37.3 Å². The van der Waals surface area contributed by atoms with Gasteiger partial charge in [0.25, 0.3) is 16.0 Å². The monoisotopic (exact) mass is 533 g/mol. The number of anilines is 1. The zero-order chi connectivity index (χ0) is 26.7. The molecule has 14 nitrogen and oxygen atoms in total. The molecular weight excluding hydrogens is 510 g/mol. The van der Waals surface area contributed by atoms with Gasteiger partial charge < -0.3 is 19.5 Å². The number of nitrogens with one attached hydrogen (secondary N) is 1. The Balaban J connectivity index is 1.79. The third-order valence-electron chi connectivity index (χ3n) is 5.23. The van der Waals surface area contributed by atoms with Crippen LogP contribution in [-0.2, 0) is 38.1 Å². The molecule has 4 rings (SSSR count). The molecule has 3 aliphatic rings. The lowest BCUT2D eigenvalue weighted by atomic mass is 10.1. The number of amides is 1. The van der Waals surface area contributed by atoms with Crippen LogP contribution >= 0.6 is 0 Å². The first-order valence-electron chi connectivity index (χ1n) is 10.9. The fourth-order valence-corrected chi connectivity index (χ4v) is 4.44. The summed E-state index contributed by atoms with van der Waals surface area (Å²) in [6, 6.07) is 8.35. The SMILES string of the molecule is CC(=O)OC[C@H]1O[C@@H](n2cnc3ncnc-3c2NC(=O)c2ccccc2)[C@H](OC(C)=O)[C@H]1OS(C)(=O)=O. The molecule has 1 saturated heterocycles. The number of ether oxygens (including phenoxy) is 3. The lowest BCUT2D eigenvalue weighted by molar-refractivity contribution is -0.155. The van der Waals surface area contributed by atoms with Crippen LogP contribution in [0.1, 0.15) is 30.4 Å². The van der Waals surface area contributed by atoms with Gasteiger partial charge in [-0.25, -0.2) is 15.0 Å². The van der Waals surface area contributed by atoms with Gasteiger partial charge in [-0.15, -0.1) is 0 Å². The van der Waals surface area contributed by atoms with Gasteiger partial charge in [-0.05, 0) is 12.1 Å². The van der Waals surface area contributed by atoms with Crippen LogP contribution < -0.4 is 5.32 Å². The number of carbonyl (C=O) groups is 3. The van der Waals surface area contributed by atoms with E-state index in [0.29, 0.717) is 5.56 Å². The first kappa shape index (κ1) is 26.1. The van der Waals surface area contributed by atoms with E-state index in [1.807, 2.05) is 0 Å². The molecule has 196 valence electrons. The van der Waals surface area contributed by atoms with E-state index in [9.17, 15) is 22.8 Å². The highest BCUT2D eigenvalue weighted by Crippen LogP contribution is 2.38. The lowest BCUT2D eigenvalue weighted by Crippen LogP contribution is -2.41. The van der Waals surface area contributed by atoms with Crippen molar-refractivity contribution in [2.24, 2.45) is 0 Å². The van der Waals surface area contributed by atoms with E-state index in [-0.39, 0.29) is 17.3 Å². The number of carbonyl (C=O) groups excluding carboxylic acids is 3. The quantitative estimate of drug-likeness (QED) is 0.318. The zero-order valence-electron chi connectivity index (χ0n) is 19.9. The number of nitrogens with zero attached hydrogens (tertiary/aromatic N) is 4. The van der Waals surface area contributed by atoms with Crippen molar-refractivity contribution in [3.63, 3.8) is 0 Å². The van der Waals surface area contributed by atoms with Crippen molar-refractivity contribution in [1.29, 1.82) is 0 Å². The maximum Gasteiger partial charge on any atom is 0.303 e. The Morgan fingerprint density at radius 1 is 1.05 bits per heavy atom. The highest BCUT2D eigenvalue weighted by molar-refractivity contribution is 7.86. The van der Waals surface area contributed by atoms with E-state index >= 15 is 0 Å². The van der Waals surface area contributed by atoms with Crippen LogP contribution in [0.3, 0.4) is 0 Å². The number of rotatable bonds is 8. The van der Waals surface area contributed by atoms with Crippen molar-refractivity contribution < 1.29 is 41.2 Å². The summed E-state index contributed by atoms with van der Waals surface area (Å²) in [5, 5.41) is 2.75. The average molecular weight is 534 g/mol. The minimum absolute atomic E-state index is 0.0877. The Morgan fingerprint density at radius 2 is 1.78 bits per heavy atom. The van der Waals surface area contributed by atoms with Gasteiger partial charge in [-0.1, -0.05) is 18.2 Å². The first-order chi connectivity index (χ1) is 17.5. The van der Waals surface area contributed by atoms with Gasteiger partial charge in [-0.2, -0.15) is 8.42 Å². The number of imidazole rings is 1. The standard InChI is InChI=1S/C22H23N5O9S/c1-12(28)33-9-15-17(36-37(3,31)32)18(34-13(2)29)22(35-15)27-11-25-19-16(23-10-24-19)20(27)26-21(30)14-7-5-4-6-8-14/h4-8,10-11,15,17-18,22H,9H2,1-3H3,(H,26,30)/t15-,17+,18-,22-/m1/s1. The molecule has 1 aromatic carbocycles. The van der Waals surface area contributed by atoms with Crippen molar-refractivity contribution in [2.75, 3.05) is 18.2 Å². The number of hydrogen-bond acceptors (Lipinski definition) is 12. The molecule has 0 aliphatic carbocycles. The number of benzene rings is 1. The van der Waals surface area contributed by atoms with Crippen molar-refractivity contribution in [3.05, 3.63) is 48.5 Å². The van der Waals surface area contributed by atoms with Crippen LogP contribution in [0.15, 0.2) is 43.0 Å². The molecule has 3 aliphatic heterocycles. The Labute approximate surface area is 211 Å². The van der Waals surface area contributed by atoms with E-state index in [0.717, 1.165) is 13.2 Å². The first-order valence-corrected chi connectivity index (χ1v) is 12.7. The molecule has 0 saturated carbocycles. The fourth-order valence-electron chi connectivity index (χ4n) is 3.81. The molecule has 3 heterocycles. The van der Waals surface area contributed by atoms with Gasteiger partial charge in [0.05, 0.1) is 6.26 Å². The van der Waals surface area contributed by atoms with Crippen LogP contribution in [0, 0.1) is 0 Å². The summed E-state index contributed by atoms with van der Waals surface area (Å²) in [7, 11) is -4.07. The molecule has 1 aromatic rings. The molecule has 0 spiro atoms. The molecule has 0 bridgehead atoms. The lowest BCUT2D eigenvalue weighted by Gasteiger charge is -2.26. The average Bonchev–Trinajstić information content (AvgIpc) is 3.43. The second-order valence-electron chi connectivity index (χ2n) is 8.07. The molecule has 0 radical (unpaired) electrons. The van der Waals surface area contributed by atoms with E-state index in [1.54, 1.807) is 30.3 Å². The summed E-state index contributed by atoms with van der Waals surface area (Å²) < 4.78 is 47.0. The Kier molecular flexibility index (Phi) is 7.47. The van der Waals surface area contributed by atoms with E-state index in [2.05, 4.69) is 20.3 Å². The normalized spacial score (nSPS) is 21.5. The molecular formula is C22H23N5O9S. The number of esters is 2. The minimum Gasteiger partial charge on any atom is -0.463 e. The van der Waals surface area contributed by atoms with Crippen molar-refractivity contribution in [3.8, 4) is 11.5 Å². The van der Waals surface area contributed by atoms with Gasteiger partial charge in [0, 0.05) is 19.4 Å². The van der Waals surface area contributed by atoms with E-state index in [4.69, 9.17) is 18.4 Å². The summed E-state index contributed by atoms with van der Waals surface area (Å²) >= 11 is 0. The Bertz CT molecular complexity index is 1380. The minimum atomic E-state index is -4.07. The molecule has 37 heavy (non-hydrogen) atoms. The van der Waals surface area contributed by atoms with Crippen LogP contribution in [-0.4, -0.2) is 77.0 Å². The van der Waals surface area contributed by atoms with E-state index < -0.39 is 59.1 Å². The maximum absolute atomic E-state index is 13.0.